The lowest BCUT2D eigenvalue weighted by molar-refractivity contribution is -0.177. The van der Waals surface area contributed by atoms with Crippen molar-refractivity contribution in [1.29, 1.82) is 0 Å². The molecule has 7 nitrogen and oxygen atoms in total. The second-order valence-corrected chi connectivity index (χ2v) is 12.3. The first-order valence-corrected chi connectivity index (χ1v) is 13.9. The number of hydrogen-bond donors (Lipinski definition) is 1. The van der Waals surface area contributed by atoms with E-state index in [0.29, 0.717) is 32.1 Å². The molecule has 3 saturated carbocycles. The Labute approximate surface area is 225 Å². The van der Waals surface area contributed by atoms with Gasteiger partial charge in [-0.05, 0) is 74.6 Å². The number of carbonyl (C=O) groups is 3. The van der Waals surface area contributed by atoms with Crippen molar-refractivity contribution in [2.45, 2.75) is 84.3 Å². The highest BCUT2D eigenvalue weighted by Gasteiger charge is 2.72. The number of ketones is 1. The van der Waals surface area contributed by atoms with Crippen LogP contribution in [0.4, 0.5) is 8.78 Å². The molecule has 5 rings (SSSR count). The molecule has 5 aliphatic rings. The minimum absolute atomic E-state index is 0.0559. The van der Waals surface area contributed by atoms with E-state index in [9.17, 15) is 23.9 Å². The van der Waals surface area contributed by atoms with E-state index in [1.807, 2.05) is 13.8 Å². The number of hydrogen-bond acceptors (Lipinski definition) is 8. The maximum atomic E-state index is 15.0. The van der Waals surface area contributed by atoms with Gasteiger partial charge in [-0.15, -0.1) is 0 Å². The van der Waals surface area contributed by atoms with Gasteiger partial charge in [-0.3, -0.25) is 9.59 Å². The van der Waals surface area contributed by atoms with Gasteiger partial charge in [-0.2, -0.15) is 4.39 Å². The Hall–Kier alpha value is -2.36. The average molecular weight is 553 g/mol. The molecule has 8 atom stereocenters. The van der Waals surface area contributed by atoms with E-state index in [1.54, 1.807) is 13.8 Å². The third-order valence-electron chi connectivity index (χ3n) is 10.4. The van der Waals surface area contributed by atoms with Crippen molar-refractivity contribution in [2.75, 3.05) is 6.61 Å². The fourth-order valence-corrected chi connectivity index (χ4v) is 9.08. The number of aliphatic hydroxyl groups is 1. The summed E-state index contributed by atoms with van der Waals surface area (Å²) in [4.78, 5) is 38.2. The normalized spacial score (nSPS) is 42.3. The highest BCUT2D eigenvalue weighted by atomic mass is 32.1. The second kappa shape index (κ2) is 9.10. The standard InChI is InChI=1S/C28H34F2O7S/c1-5-19(31)37-28(25(38)36-18-9-11-35-24(18)34)13(2)12-17-14-6-7-16-20(29)22(32)21(30)23(33)27(16,4)15(14)8-10-26(17,28)3/h13-15,17-18,32H,5-12H2,1-4H3/t13-,14-,15+,17+,18+,26+,27-,28+/m1/s1. The zero-order valence-corrected chi connectivity index (χ0v) is 22.9. The summed E-state index contributed by atoms with van der Waals surface area (Å²) < 4.78 is 47.0. The van der Waals surface area contributed by atoms with E-state index in [2.05, 4.69) is 0 Å². The van der Waals surface area contributed by atoms with Gasteiger partial charge in [0.05, 0.1) is 12.0 Å². The molecule has 4 aliphatic carbocycles. The third-order valence-corrected chi connectivity index (χ3v) is 10.8. The average Bonchev–Trinajstić information content (AvgIpc) is 3.39. The summed E-state index contributed by atoms with van der Waals surface area (Å²) >= 11 is 5.82. The number of rotatable bonds is 4. The molecule has 38 heavy (non-hydrogen) atoms. The van der Waals surface area contributed by atoms with E-state index < -0.39 is 57.7 Å². The second-order valence-electron chi connectivity index (χ2n) is 11.9. The van der Waals surface area contributed by atoms with Gasteiger partial charge in [0.2, 0.25) is 16.7 Å². The molecule has 0 radical (unpaired) electrons. The smallest absolute Gasteiger partial charge is 0.347 e. The van der Waals surface area contributed by atoms with Crippen LogP contribution in [0.25, 0.3) is 0 Å². The monoisotopic (exact) mass is 552 g/mol. The van der Waals surface area contributed by atoms with E-state index in [-0.39, 0.29) is 53.7 Å². The number of cyclic esters (lactones) is 1. The van der Waals surface area contributed by atoms with Crippen molar-refractivity contribution >= 4 is 35.0 Å². The van der Waals surface area contributed by atoms with Gasteiger partial charge in [0.25, 0.3) is 0 Å². The molecule has 0 aromatic rings. The van der Waals surface area contributed by atoms with Gasteiger partial charge in [0, 0.05) is 24.2 Å². The summed E-state index contributed by atoms with van der Waals surface area (Å²) in [6.45, 7) is 7.49. The van der Waals surface area contributed by atoms with Crippen LogP contribution in [0.1, 0.15) is 72.6 Å². The molecule has 0 aromatic heterocycles. The molecule has 0 unspecified atom stereocenters. The number of allylic oxidation sites excluding steroid dienone is 3. The SMILES string of the molecule is CCC(=O)O[C@]1(C(=S)O[C@H]2CCOC2=O)[C@H](C)C[C@H]2[C@@H]3CCC4=C(F)C(O)=C(F)C(=O)[C@]4(C)[C@H]3CC[C@@]21C. The molecule has 208 valence electrons. The van der Waals surface area contributed by atoms with Crippen molar-refractivity contribution in [3.63, 3.8) is 0 Å². The first-order chi connectivity index (χ1) is 17.8. The summed E-state index contributed by atoms with van der Waals surface area (Å²) in [7, 11) is 0. The predicted octanol–water partition coefficient (Wildman–Crippen LogP) is 5.37. The molecule has 0 aromatic carbocycles. The first-order valence-electron chi connectivity index (χ1n) is 13.5. The van der Waals surface area contributed by atoms with Gasteiger partial charge in [-0.1, -0.05) is 20.8 Å². The van der Waals surface area contributed by atoms with Gasteiger partial charge in [0.15, 0.2) is 23.3 Å². The Morgan fingerprint density at radius 2 is 1.87 bits per heavy atom. The minimum atomic E-state index is -1.42. The van der Waals surface area contributed by atoms with Gasteiger partial charge in [0.1, 0.15) is 0 Å². The maximum absolute atomic E-state index is 15.0. The lowest BCUT2D eigenvalue weighted by Gasteiger charge is -2.58. The zero-order chi connectivity index (χ0) is 27.8. The van der Waals surface area contributed by atoms with Crippen LogP contribution < -0.4 is 0 Å². The fraction of sp³-hybridized carbons (Fsp3) is 0.714. The van der Waals surface area contributed by atoms with Crippen molar-refractivity contribution < 1.29 is 42.5 Å². The number of thiocarbonyl (C=S) groups is 1. The molecular weight excluding hydrogens is 518 g/mol. The first kappa shape index (κ1) is 27.2. The quantitative estimate of drug-likeness (QED) is 0.367. The van der Waals surface area contributed by atoms with Crippen molar-refractivity contribution in [2.24, 2.45) is 34.5 Å². The summed E-state index contributed by atoms with van der Waals surface area (Å²) in [5.74, 6) is -6.28. The van der Waals surface area contributed by atoms with E-state index in [4.69, 9.17) is 26.4 Å². The lowest BCUT2D eigenvalue weighted by Crippen LogP contribution is -2.62. The summed E-state index contributed by atoms with van der Waals surface area (Å²) in [6.07, 6.45) is 1.88. The van der Waals surface area contributed by atoms with Crippen molar-refractivity contribution in [1.82, 2.24) is 0 Å². The molecule has 1 N–H and O–H groups in total. The van der Waals surface area contributed by atoms with Crippen molar-refractivity contribution in [3.8, 4) is 0 Å². The zero-order valence-electron chi connectivity index (χ0n) is 22.1. The number of Topliss-reactive ketones (excluding diaryl/α,β-unsaturated/α-hetero) is 1. The highest BCUT2D eigenvalue weighted by molar-refractivity contribution is 7.80. The largest absolute Gasteiger partial charge is 0.503 e. The number of ether oxygens (including phenoxy) is 3. The number of halogens is 2. The highest BCUT2D eigenvalue weighted by Crippen LogP contribution is 2.70. The van der Waals surface area contributed by atoms with E-state index >= 15 is 4.39 Å². The van der Waals surface area contributed by atoms with Crippen molar-refractivity contribution in [3.05, 3.63) is 23.0 Å². The number of carbonyl (C=O) groups excluding carboxylic acids is 3. The molecule has 10 heteroatoms. The van der Waals surface area contributed by atoms with Crippen LogP contribution in [0.2, 0.25) is 0 Å². The van der Waals surface area contributed by atoms with E-state index in [1.165, 1.54) is 0 Å². The Kier molecular flexibility index (Phi) is 6.52. The Morgan fingerprint density at radius 3 is 2.50 bits per heavy atom. The van der Waals surface area contributed by atoms with Crippen LogP contribution in [0, 0.1) is 34.5 Å². The Morgan fingerprint density at radius 1 is 1.16 bits per heavy atom. The summed E-state index contributed by atoms with van der Waals surface area (Å²) in [5.41, 5.74) is -3.22. The van der Waals surface area contributed by atoms with Crippen LogP contribution in [0.5, 0.6) is 0 Å². The molecule has 0 spiro atoms. The van der Waals surface area contributed by atoms with Gasteiger partial charge < -0.3 is 19.3 Å². The van der Waals surface area contributed by atoms with Gasteiger partial charge >= 0.3 is 11.9 Å². The topological polar surface area (TPSA) is 99.1 Å². The molecular formula is C28H34F2O7S. The lowest BCUT2D eigenvalue weighted by atomic mass is 9.46. The molecule has 4 fully saturated rings. The summed E-state index contributed by atoms with van der Waals surface area (Å²) in [5, 5.41) is 9.96. The van der Waals surface area contributed by atoms with Crippen LogP contribution in [-0.4, -0.2) is 46.2 Å². The Bertz CT molecular complexity index is 1180. The molecule has 0 bridgehead atoms. The van der Waals surface area contributed by atoms with Crippen LogP contribution in [-0.2, 0) is 28.6 Å². The minimum Gasteiger partial charge on any atom is -0.503 e. The molecule has 1 aliphatic heterocycles. The number of aliphatic hydroxyl groups excluding tert-OH is 1. The molecule has 1 heterocycles. The fourth-order valence-electron chi connectivity index (χ4n) is 8.49. The third kappa shape index (κ3) is 3.40. The Balaban J connectivity index is 1.55. The van der Waals surface area contributed by atoms with Crippen LogP contribution >= 0.6 is 12.2 Å². The molecule has 1 saturated heterocycles. The number of esters is 2. The van der Waals surface area contributed by atoms with Crippen LogP contribution in [0.3, 0.4) is 0 Å². The summed E-state index contributed by atoms with van der Waals surface area (Å²) in [6, 6.07) is 0. The number of fused-ring (bicyclic) bond motifs is 5. The maximum Gasteiger partial charge on any atom is 0.347 e. The molecule has 0 amide bonds. The van der Waals surface area contributed by atoms with E-state index in [0.717, 1.165) is 0 Å². The van der Waals surface area contributed by atoms with Crippen LogP contribution in [0.15, 0.2) is 23.0 Å². The van der Waals surface area contributed by atoms with Gasteiger partial charge in [-0.25, -0.2) is 9.18 Å². The predicted molar refractivity (Wildman–Crippen MR) is 135 cm³/mol.